The van der Waals surface area contributed by atoms with E-state index in [0.29, 0.717) is 38.3 Å². The number of imidazole rings is 1. The molecule has 0 saturated carbocycles. The Labute approximate surface area is 164 Å². The quantitative estimate of drug-likeness (QED) is 0.521. The molecule has 1 saturated heterocycles. The summed E-state index contributed by atoms with van der Waals surface area (Å²) in [6.45, 7) is 2.08. The summed E-state index contributed by atoms with van der Waals surface area (Å²) in [7, 11) is 0. The van der Waals surface area contributed by atoms with Gasteiger partial charge < -0.3 is 14.3 Å². The van der Waals surface area contributed by atoms with Crippen LogP contribution in [0.25, 0.3) is 15.2 Å². The number of rotatable bonds is 2. The van der Waals surface area contributed by atoms with E-state index >= 15 is 0 Å². The number of carbonyl (C=O) groups excluding carboxylic acids is 2. The SMILES string of the molecule is O=C(c1cn2c(n1)sc1ccccc12)N1CCCN(C(=O)c2ccno2)CC1. The fraction of sp³-hybridized carbons (Fsp3) is 0.263. The molecule has 1 fully saturated rings. The Bertz CT molecular complexity index is 1160. The van der Waals surface area contributed by atoms with Crippen molar-refractivity contribution in [3.05, 3.63) is 54.2 Å². The van der Waals surface area contributed by atoms with E-state index in [-0.39, 0.29) is 17.6 Å². The van der Waals surface area contributed by atoms with Gasteiger partial charge >= 0.3 is 0 Å². The molecule has 1 aliphatic rings. The van der Waals surface area contributed by atoms with E-state index in [4.69, 9.17) is 4.52 Å². The Morgan fingerprint density at radius 2 is 1.79 bits per heavy atom. The second-order valence-corrected chi connectivity index (χ2v) is 7.67. The van der Waals surface area contributed by atoms with Crippen LogP contribution in [0.5, 0.6) is 0 Å². The molecule has 142 valence electrons. The maximum Gasteiger partial charge on any atom is 0.292 e. The molecule has 1 aromatic carbocycles. The molecule has 5 rings (SSSR count). The summed E-state index contributed by atoms with van der Waals surface area (Å²) in [4.78, 5) is 34.2. The first-order valence-electron chi connectivity index (χ1n) is 9.06. The van der Waals surface area contributed by atoms with Gasteiger partial charge in [0.05, 0.1) is 16.4 Å². The van der Waals surface area contributed by atoms with E-state index in [0.717, 1.165) is 15.2 Å². The van der Waals surface area contributed by atoms with Crippen LogP contribution in [0.1, 0.15) is 27.5 Å². The fourth-order valence-electron chi connectivity index (χ4n) is 3.52. The minimum absolute atomic E-state index is 0.103. The Balaban J connectivity index is 1.34. The number of benzene rings is 1. The number of amides is 2. The first kappa shape index (κ1) is 16.9. The normalized spacial score (nSPS) is 15.3. The number of aromatic nitrogens is 3. The van der Waals surface area contributed by atoms with Crippen LogP contribution in [0.15, 0.2) is 47.2 Å². The molecule has 0 bridgehead atoms. The molecule has 0 N–H and O–H groups in total. The molecule has 0 radical (unpaired) electrons. The van der Waals surface area contributed by atoms with Crippen LogP contribution < -0.4 is 0 Å². The number of para-hydroxylation sites is 1. The van der Waals surface area contributed by atoms with Gasteiger partial charge in [-0.05, 0) is 18.6 Å². The van der Waals surface area contributed by atoms with E-state index in [2.05, 4.69) is 10.1 Å². The van der Waals surface area contributed by atoms with E-state index < -0.39 is 0 Å². The van der Waals surface area contributed by atoms with Crippen LogP contribution in [0.2, 0.25) is 0 Å². The maximum absolute atomic E-state index is 13.0. The van der Waals surface area contributed by atoms with Crippen molar-refractivity contribution in [1.82, 2.24) is 24.3 Å². The van der Waals surface area contributed by atoms with Gasteiger partial charge in [-0.2, -0.15) is 0 Å². The predicted molar refractivity (Wildman–Crippen MR) is 104 cm³/mol. The van der Waals surface area contributed by atoms with Crippen LogP contribution >= 0.6 is 11.3 Å². The maximum atomic E-state index is 13.0. The van der Waals surface area contributed by atoms with Crippen LogP contribution in [0.3, 0.4) is 0 Å². The van der Waals surface area contributed by atoms with Gasteiger partial charge in [-0.15, -0.1) is 0 Å². The fourth-order valence-corrected chi connectivity index (χ4v) is 4.53. The van der Waals surface area contributed by atoms with Crippen molar-refractivity contribution in [3.8, 4) is 0 Å². The lowest BCUT2D eigenvalue weighted by molar-refractivity contribution is 0.0692. The van der Waals surface area contributed by atoms with Gasteiger partial charge in [0, 0.05) is 38.4 Å². The summed E-state index contributed by atoms with van der Waals surface area (Å²) in [5.74, 6) is -0.0734. The highest BCUT2D eigenvalue weighted by molar-refractivity contribution is 7.23. The lowest BCUT2D eigenvalue weighted by atomic mass is 10.3. The summed E-state index contributed by atoms with van der Waals surface area (Å²) >= 11 is 1.57. The third-order valence-corrected chi connectivity index (χ3v) is 5.97. The van der Waals surface area contributed by atoms with Crippen LogP contribution in [0, 0.1) is 0 Å². The zero-order valence-corrected chi connectivity index (χ0v) is 15.8. The van der Waals surface area contributed by atoms with Gasteiger partial charge in [-0.25, -0.2) is 4.98 Å². The van der Waals surface area contributed by atoms with Gasteiger partial charge in [-0.1, -0.05) is 28.6 Å². The Morgan fingerprint density at radius 3 is 2.57 bits per heavy atom. The molecule has 8 nitrogen and oxygen atoms in total. The van der Waals surface area contributed by atoms with Crippen molar-refractivity contribution in [2.75, 3.05) is 26.2 Å². The summed E-state index contributed by atoms with van der Waals surface area (Å²) in [5.41, 5.74) is 1.49. The van der Waals surface area contributed by atoms with Gasteiger partial charge in [0.15, 0.2) is 4.96 Å². The number of hydrogen-bond donors (Lipinski definition) is 0. The first-order chi connectivity index (χ1) is 13.7. The number of thiazole rings is 1. The van der Waals surface area contributed by atoms with Gasteiger partial charge in [0.1, 0.15) is 5.69 Å². The van der Waals surface area contributed by atoms with Crippen molar-refractivity contribution in [1.29, 1.82) is 0 Å². The molecule has 0 atom stereocenters. The third kappa shape index (κ3) is 2.84. The van der Waals surface area contributed by atoms with E-state index in [1.54, 1.807) is 33.4 Å². The minimum atomic E-state index is -0.194. The van der Waals surface area contributed by atoms with Crippen molar-refractivity contribution < 1.29 is 14.1 Å². The molecule has 28 heavy (non-hydrogen) atoms. The average molecular weight is 395 g/mol. The van der Waals surface area contributed by atoms with E-state index in [1.807, 2.05) is 28.7 Å². The van der Waals surface area contributed by atoms with Crippen LogP contribution in [-0.2, 0) is 0 Å². The summed E-state index contributed by atoms with van der Waals surface area (Å²) in [5, 5.41) is 3.58. The molecular formula is C19H17N5O3S. The highest BCUT2D eigenvalue weighted by atomic mass is 32.1. The molecule has 4 aromatic rings. The monoisotopic (exact) mass is 395 g/mol. The molecule has 9 heteroatoms. The van der Waals surface area contributed by atoms with Crippen molar-refractivity contribution >= 4 is 38.3 Å². The number of fused-ring (bicyclic) bond motifs is 3. The highest BCUT2D eigenvalue weighted by Crippen LogP contribution is 2.26. The Morgan fingerprint density at radius 1 is 1.00 bits per heavy atom. The number of carbonyl (C=O) groups is 2. The minimum Gasteiger partial charge on any atom is -0.351 e. The lowest BCUT2D eigenvalue weighted by Crippen LogP contribution is -2.37. The molecule has 2 amide bonds. The second kappa shape index (κ2) is 6.75. The molecule has 1 aliphatic heterocycles. The Kier molecular flexibility index (Phi) is 4.09. The smallest absolute Gasteiger partial charge is 0.292 e. The van der Waals surface area contributed by atoms with Crippen molar-refractivity contribution in [2.24, 2.45) is 0 Å². The zero-order valence-electron chi connectivity index (χ0n) is 14.9. The van der Waals surface area contributed by atoms with Gasteiger partial charge in [0.2, 0.25) is 5.76 Å². The average Bonchev–Trinajstić information content (AvgIpc) is 3.40. The van der Waals surface area contributed by atoms with Gasteiger partial charge in [0.25, 0.3) is 11.8 Å². The number of hydrogen-bond acceptors (Lipinski definition) is 6. The van der Waals surface area contributed by atoms with Crippen molar-refractivity contribution in [3.63, 3.8) is 0 Å². The predicted octanol–water partition coefficient (Wildman–Crippen LogP) is 2.53. The zero-order chi connectivity index (χ0) is 19.1. The van der Waals surface area contributed by atoms with E-state index in [9.17, 15) is 9.59 Å². The third-order valence-electron chi connectivity index (χ3n) is 4.94. The number of nitrogens with zero attached hydrogens (tertiary/aromatic N) is 5. The lowest BCUT2D eigenvalue weighted by Gasteiger charge is -2.20. The molecule has 0 unspecified atom stereocenters. The Hall–Kier alpha value is -3.20. The van der Waals surface area contributed by atoms with E-state index in [1.165, 1.54) is 6.20 Å². The molecule has 0 spiro atoms. The first-order valence-corrected chi connectivity index (χ1v) is 9.88. The second-order valence-electron chi connectivity index (χ2n) is 6.66. The molecule has 4 heterocycles. The van der Waals surface area contributed by atoms with Crippen LogP contribution in [-0.4, -0.2) is 62.3 Å². The molecule has 0 aliphatic carbocycles. The highest BCUT2D eigenvalue weighted by Gasteiger charge is 2.26. The molecular weight excluding hydrogens is 378 g/mol. The standard InChI is InChI=1S/C19H17N5O3S/c25-17(13-12-24-14-4-1-2-5-16(14)28-19(24)21-13)22-8-3-9-23(11-10-22)18(26)15-6-7-20-27-15/h1-2,4-7,12H,3,8-11H2. The summed E-state index contributed by atoms with van der Waals surface area (Å²) in [6.07, 6.45) is 3.96. The summed E-state index contributed by atoms with van der Waals surface area (Å²) in [6, 6.07) is 9.59. The largest absolute Gasteiger partial charge is 0.351 e. The van der Waals surface area contributed by atoms with Crippen molar-refractivity contribution in [2.45, 2.75) is 6.42 Å². The van der Waals surface area contributed by atoms with Gasteiger partial charge in [-0.3, -0.25) is 14.0 Å². The molecule has 3 aromatic heterocycles. The van der Waals surface area contributed by atoms with Crippen LogP contribution in [0.4, 0.5) is 0 Å². The topological polar surface area (TPSA) is 84.0 Å². The summed E-state index contributed by atoms with van der Waals surface area (Å²) < 4.78 is 8.06.